The lowest BCUT2D eigenvalue weighted by molar-refractivity contribution is -0.112. The molecule has 0 saturated carbocycles. The monoisotopic (exact) mass is 492 g/mol. The molecule has 160 valence electrons. The normalized spacial score (nSPS) is 10.9. The van der Waals surface area contributed by atoms with Crippen molar-refractivity contribution in [1.82, 2.24) is 0 Å². The van der Waals surface area contributed by atoms with Gasteiger partial charge in [0.1, 0.15) is 17.5 Å². The maximum absolute atomic E-state index is 13.4. The Bertz CT molecular complexity index is 1230. The van der Waals surface area contributed by atoms with Gasteiger partial charge in [-0.25, -0.2) is 9.18 Å². The standard InChI is InChI=1S/C25H18BrFN2O3/c1-32-25(31)18-7-9-22(10-8-18)29-24(30)20(15-28)12-17-5-6-19(23(26)14-17)11-16-3-2-4-21(27)13-16/h2-10,12-14H,11H2,1H3,(H,29,30)/b20-12+. The maximum Gasteiger partial charge on any atom is 0.337 e. The minimum Gasteiger partial charge on any atom is -0.465 e. The molecule has 3 rings (SSSR count). The summed E-state index contributed by atoms with van der Waals surface area (Å²) in [7, 11) is 1.29. The topological polar surface area (TPSA) is 79.2 Å². The molecule has 5 nitrogen and oxygen atoms in total. The molecule has 0 heterocycles. The predicted molar refractivity (Wildman–Crippen MR) is 123 cm³/mol. The summed E-state index contributed by atoms with van der Waals surface area (Å²) in [4.78, 5) is 24.0. The van der Waals surface area contributed by atoms with Gasteiger partial charge in [-0.1, -0.05) is 40.2 Å². The number of hydrogen-bond donors (Lipinski definition) is 1. The van der Waals surface area contributed by atoms with E-state index < -0.39 is 11.9 Å². The first-order valence-corrected chi connectivity index (χ1v) is 10.3. The predicted octanol–water partition coefficient (Wildman–Crippen LogP) is 5.51. The zero-order valence-corrected chi connectivity index (χ0v) is 18.6. The molecule has 0 unspecified atom stereocenters. The second-order valence-corrected chi connectivity index (χ2v) is 7.70. The smallest absolute Gasteiger partial charge is 0.337 e. The molecule has 0 radical (unpaired) electrons. The molecule has 1 N–H and O–H groups in total. The average Bonchev–Trinajstić information content (AvgIpc) is 2.79. The molecule has 0 bridgehead atoms. The van der Waals surface area contributed by atoms with E-state index in [-0.39, 0.29) is 11.4 Å². The fourth-order valence-electron chi connectivity index (χ4n) is 2.98. The number of ether oxygens (including phenoxy) is 1. The van der Waals surface area contributed by atoms with E-state index in [1.54, 1.807) is 30.3 Å². The van der Waals surface area contributed by atoms with Gasteiger partial charge >= 0.3 is 5.97 Å². The van der Waals surface area contributed by atoms with Gasteiger partial charge in [0.15, 0.2) is 0 Å². The van der Waals surface area contributed by atoms with Crippen LogP contribution in [0.15, 0.2) is 76.8 Å². The molecule has 0 spiro atoms. The lowest BCUT2D eigenvalue weighted by atomic mass is 10.0. The van der Waals surface area contributed by atoms with Crippen LogP contribution in [-0.4, -0.2) is 19.0 Å². The number of esters is 1. The summed E-state index contributed by atoms with van der Waals surface area (Å²) < 4.78 is 18.8. The van der Waals surface area contributed by atoms with Crippen LogP contribution >= 0.6 is 15.9 Å². The number of anilines is 1. The van der Waals surface area contributed by atoms with Crippen molar-refractivity contribution in [3.05, 3.63) is 105 Å². The van der Waals surface area contributed by atoms with Crippen molar-refractivity contribution in [2.45, 2.75) is 6.42 Å². The Morgan fingerprint density at radius 1 is 1.12 bits per heavy atom. The first-order valence-electron chi connectivity index (χ1n) is 9.54. The quantitative estimate of drug-likeness (QED) is 0.279. The minimum absolute atomic E-state index is 0.0770. The van der Waals surface area contributed by atoms with Crippen molar-refractivity contribution in [3.63, 3.8) is 0 Å². The van der Waals surface area contributed by atoms with E-state index in [1.165, 1.54) is 37.5 Å². The number of amides is 1. The number of nitrogens with one attached hydrogen (secondary N) is 1. The third-order valence-corrected chi connectivity index (χ3v) is 5.34. The second kappa shape index (κ2) is 10.5. The van der Waals surface area contributed by atoms with Crippen LogP contribution in [0.3, 0.4) is 0 Å². The Morgan fingerprint density at radius 2 is 1.88 bits per heavy atom. The largest absolute Gasteiger partial charge is 0.465 e. The second-order valence-electron chi connectivity index (χ2n) is 6.85. The van der Waals surface area contributed by atoms with Crippen LogP contribution in [0.1, 0.15) is 27.0 Å². The molecule has 0 aliphatic rings. The number of methoxy groups -OCH3 is 1. The fourth-order valence-corrected chi connectivity index (χ4v) is 3.52. The first-order chi connectivity index (χ1) is 15.4. The number of carbonyl (C=O) groups excluding carboxylic acids is 2. The third kappa shape index (κ3) is 5.90. The molecule has 0 aliphatic carbocycles. The number of nitriles is 1. The zero-order chi connectivity index (χ0) is 23.1. The maximum atomic E-state index is 13.4. The molecule has 3 aromatic carbocycles. The van der Waals surface area contributed by atoms with E-state index in [9.17, 15) is 19.2 Å². The summed E-state index contributed by atoms with van der Waals surface area (Å²) in [5, 5.41) is 12.1. The van der Waals surface area contributed by atoms with Crippen molar-refractivity contribution in [1.29, 1.82) is 5.26 Å². The van der Waals surface area contributed by atoms with Crippen LogP contribution in [-0.2, 0) is 16.0 Å². The van der Waals surface area contributed by atoms with Gasteiger partial charge in [-0.15, -0.1) is 0 Å². The molecular formula is C25H18BrFN2O3. The Labute approximate surface area is 193 Å². The number of nitrogens with zero attached hydrogens (tertiary/aromatic N) is 1. The Kier molecular flexibility index (Phi) is 7.53. The van der Waals surface area contributed by atoms with Crippen LogP contribution < -0.4 is 5.32 Å². The van der Waals surface area contributed by atoms with E-state index in [1.807, 2.05) is 18.2 Å². The summed E-state index contributed by atoms with van der Waals surface area (Å²) in [5.41, 5.74) is 3.16. The van der Waals surface area contributed by atoms with Crippen LogP contribution in [0.4, 0.5) is 10.1 Å². The lowest BCUT2D eigenvalue weighted by Gasteiger charge is -2.08. The van der Waals surface area contributed by atoms with Gasteiger partial charge in [0.25, 0.3) is 5.91 Å². The van der Waals surface area contributed by atoms with Crippen LogP contribution in [0.25, 0.3) is 6.08 Å². The van der Waals surface area contributed by atoms with Gasteiger partial charge in [0.05, 0.1) is 12.7 Å². The SMILES string of the molecule is COC(=O)c1ccc(NC(=O)/C(C#N)=C/c2ccc(Cc3cccc(F)c3)c(Br)c2)cc1. The molecule has 0 aromatic heterocycles. The van der Waals surface area contributed by atoms with Crippen molar-refractivity contribution in [2.24, 2.45) is 0 Å². The summed E-state index contributed by atoms with van der Waals surface area (Å²) >= 11 is 3.51. The van der Waals surface area contributed by atoms with Crippen molar-refractivity contribution in [3.8, 4) is 6.07 Å². The summed E-state index contributed by atoms with van der Waals surface area (Å²) in [6.45, 7) is 0. The van der Waals surface area contributed by atoms with E-state index in [0.717, 1.165) is 15.6 Å². The highest BCUT2D eigenvalue weighted by atomic mass is 79.9. The molecule has 1 amide bonds. The van der Waals surface area contributed by atoms with Gasteiger partial charge in [-0.3, -0.25) is 4.79 Å². The molecule has 3 aromatic rings. The Balaban J connectivity index is 1.73. The van der Waals surface area contributed by atoms with Gasteiger partial charge < -0.3 is 10.1 Å². The molecule has 32 heavy (non-hydrogen) atoms. The van der Waals surface area contributed by atoms with E-state index in [2.05, 4.69) is 26.0 Å². The van der Waals surface area contributed by atoms with Crippen LogP contribution in [0.5, 0.6) is 0 Å². The Hall–Kier alpha value is -3.76. The molecule has 0 fully saturated rings. The average molecular weight is 493 g/mol. The van der Waals surface area contributed by atoms with Gasteiger partial charge in [-0.05, 0) is 71.7 Å². The van der Waals surface area contributed by atoms with Crippen molar-refractivity contribution < 1.29 is 18.7 Å². The van der Waals surface area contributed by atoms with Crippen LogP contribution in [0, 0.1) is 17.1 Å². The van der Waals surface area contributed by atoms with Crippen LogP contribution in [0.2, 0.25) is 0 Å². The zero-order valence-electron chi connectivity index (χ0n) is 17.1. The van der Waals surface area contributed by atoms with Crippen molar-refractivity contribution in [2.75, 3.05) is 12.4 Å². The number of hydrogen-bond acceptors (Lipinski definition) is 4. The minimum atomic E-state index is -0.571. The fraction of sp³-hybridized carbons (Fsp3) is 0.0800. The Morgan fingerprint density at radius 3 is 2.50 bits per heavy atom. The van der Waals surface area contributed by atoms with E-state index in [0.29, 0.717) is 23.2 Å². The molecule has 0 saturated heterocycles. The van der Waals surface area contributed by atoms with E-state index in [4.69, 9.17) is 0 Å². The lowest BCUT2D eigenvalue weighted by Crippen LogP contribution is -2.13. The van der Waals surface area contributed by atoms with Gasteiger partial charge in [0.2, 0.25) is 0 Å². The highest BCUT2D eigenvalue weighted by Gasteiger charge is 2.12. The summed E-state index contributed by atoms with van der Waals surface area (Å²) in [6, 6.07) is 19.9. The molecule has 7 heteroatoms. The number of benzene rings is 3. The van der Waals surface area contributed by atoms with Crippen molar-refractivity contribution >= 4 is 39.6 Å². The highest BCUT2D eigenvalue weighted by Crippen LogP contribution is 2.23. The third-order valence-electron chi connectivity index (χ3n) is 4.60. The van der Waals surface area contributed by atoms with Gasteiger partial charge in [-0.2, -0.15) is 5.26 Å². The first kappa shape index (κ1) is 22.9. The number of rotatable bonds is 6. The number of halogens is 2. The number of carbonyl (C=O) groups is 2. The van der Waals surface area contributed by atoms with E-state index >= 15 is 0 Å². The van der Waals surface area contributed by atoms with Gasteiger partial charge in [0, 0.05) is 10.2 Å². The molecule has 0 aliphatic heterocycles. The molecular weight excluding hydrogens is 475 g/mol. The summed E-state index contributed by atoms with van der Waals surface area (Å²) in [6.07, 6.45) is 2.02. The summed E-state index contributed by atoms with van der Waals surface area (Å²) in [5.74, 6) is -1.34. The highest BCUT2D eigenvalue weighted by molar-refractivity contribution is 9.10. The molecule has 0 atom stereocenters.